The van der Waals surface area contributed by atoms with Gasteiger partial charge in [-0.15, -0.1) is 0 Å². The number of nitrogens with zero attached hydrogens (tertiary/aromatic N) is 1. The SMILES string of the molecule is O=C(CNC(=O)[C@H]1CC(=O)N(c2ccccc2)C1)Nc1cccc(O)c1. The number of nitrogens with one attached hydrogen (secondary N) is 2. The maximum Gasteiger partial charge on any atom is 0.243 e. The molecule has 7 heteroatoms. The summed E-state index contributed by atoms with van der Waals surface area (Å²) < 4.78 is 0. The molecule has 26 heavy (non-hydrogen) atoms. The van der Waals surface area contributed by atoms with Gasteiger partial charge in [0.2, 0.25) is 17.7 Å². The third-order valence-electron chi connectivity index (χ3n) is 4.12. The van der Waals surface area contributed by atoms with Crippen molar-refractivity contribution < 1.29 is 19.5 Å². The van der Waals surface area contributed by atoms with Gasteiger partial charge in [0, 0.05) is 30.4 Å². The van der Waals surface area contributed by atoms with Gasteiger partial charge in [0.1, 0.15) is 5.75 Å². The van der Waals surface area contributed by atoms with Gasteiger partial charge in [-0.3, -0.25) is 14.4 Å². The lowest BCUT2D eigenvalue weighted by atomic mass is 10.1. The Kier molecular flexibility index (Phi) is 5.17. The van der Waals surface area contributed by atoms with E-state index in [1.54, 1.807) is 17.0 Å². The molecule has 0 radical (unpaired) electrons. The second kappa shape index (κ2) is 7.69. The van der Waals surface area contributed by atoms with E-state index >= 15 is 0 Å². The predicted molar refractivity (Wildman–Crippen MR) is 96.6 cm³/mol. The van der Waals surface area contributed by atoms with Gasteiger partial charge in [-0.25, -0.2) is 0 Å². The Bertz CT molecular complexity index is 823. The lowest BCUT2D eigenvalue weighted by Crippen LogP contribution is -2.37. The Balaban J connectivity index is 1.51. The Hall–Kier alpha value is -3.35. The van der Waals surface area contributed by atoms with Crippen molar-refractivity contribution >= 4 is 29.1 Å². The summed E-state index contributed by atoms with van der Waals surface area (Å²) in [6, 6.07) is 15.3. The molecule has 1 aliphatic rings. The molecule has 1 fully saturated rings. The fraction of sp³-hybridized carbons (Fsp3) is 0.211. The molecule has 1 atom stereocenters. The van der Waals surface area contributed by atoms with Crippen molar-refractivity contribution in [2.45, 2.75) is 6.42 Å². The minimum atomic E-state index is -0.490. The summed E-state index contributed by atoms with van der Waals surface area (Å²) in [5.74, 6) is -1.30. The van der Waals surface area contributed by atoms with Crippen LogP contribution in [0, 0.1) is 5.92 Å². The summed E-state index contributed by atoms with van der Waals surface area (Å²) in [6.45, 7) is 0.0906. The number of amides is 3. The van der Waals surface area contributed by atoms with Crippen LogP contribution < -0.4 is 15.5 Å². The van der Waals surface area contributed by atoms with Crippen LogP contribution in [0.1, 0.15) is 6.42 Å². The van der Waals surface area contributed by atoms with Crippen molar-refractivity contribution in [3.8, 4) is 5.75 Å². The van der Waals surface area contributed by atoms with E-state index in [0.29, 0.717) is 12.2 Å². The molecule has 134 valence electrons. The second-order valence-corrected chi connectivity index (χ2v) is 6.06. The van der Waals surface area contributed by atoms with Gasteiger partial charge < -0.3 is 20.6 Å². The van der Waals surface area contributed by atoms with E-state index in [1.165, 1.54) is 12.1 Å². The Morgan fingerprint density at radius 2 is 1.88 bits per heavy atom. The number of carbonyl (C=O) groups excluding carboxylic acids is 3. The highest BCUT2D eigenvalue weighted by Crippen LogP contribution is 2.24. The van der Waals surface area contributed by atoms with Crippen LogP contribution >= 0.6 is 0 Å². The van der Waals surface area contributed by atoms with Gasteiger partial charge in [-0.05, 0) is 24.3 Å². The van der Waals surface area contributed by atoms with E-state index in [9.17, 15) is 19.5 Å². The van der Waals surface area contributed by atoms with E-state index in [4.69, 9.17) is 0 Å². The summed E-state index contributed by atoms with van der Waals surface area (Å²) >= 11 is 0. The molecule has 0 unspecified atom stereocenters. The summed E-state index contributed by atoms with van der Waals surface area (Å²) in [5.41, 5.74) is 1.20. The molecule has 3 amide bonds. The minimum Gasteiger partial charge on any atom is -0.508 e. The monoisotopic (exact) mass is 353 g/mol. The topological polar surface area (TPSA) is 98.7 Å². The van der Waals surface area contributed by atoms with Crippen LogP contribution in [0.3, 0.4) is 0 Å². The average Bonchev–Trinajstić information content (AvgIpc) is 3.02. The first kappa shape index (κ1) is 17.5. The molecule has 2 aromatic carbocycles. The van der Waals surface area contributed by atoms with Crippen molar-refractivity contribution in [3.63, 3.8) is 0 Å². The molecule has 7 nitrogen and oxygen atoms in total. The molecule has 2 aromatic rings. The van der Waals surface area contributed by atoms with E-state index < -0.39 is 11.8 Å². The maximum absolute atomic E-state index is 12.3. The molecule has 0 spiro atoms. The highest BCUT2D eigenvalue weighted by molar-refractivity contribution is 6.01. The zero-order valence-corrected chi connectivity index (χ0v) is 14.0. The standard InChI is InChI=1S/C19H19N3O4/c23-16-8-4-5-14(10-16)21-17(24)11-20-19(26)13-9-18(25)22(12-13)15-6-2-1-3-7-15/h1-8,10,13,23H,9,11-12H2,(H,20,26)(H,21,24)/t13-/m0/s1. The fourth-order valence-corrected chi connectivity index (χ4v) is 2.84. The second-order valence-electron chi connectivity index (χ2n) is 6.06. The molecular formula is C19H19N3O4. The van der Waals surface area contributed by atoms with Crippen molar-refractivity contribution in [1.82, 2.24) is 5.32 Å². The van der Waals surface area contributed by atoms with Gasteiger partial charge in [-0.1, -0.05) is 24.3 Å². The van der Waals surface area contributed by atoms with E-state index in [0.717, 1.165) is 5.69 Å². The minimum absolute atomic E-state index is 0.0392. The molecule has 0 aromatic heterocycles. The molecular weight excluding hydrogens is 334 g/mol. The fourth-order valence-electron chi connectivity index (χ4n) is 2.84. The third kappa shape index (κ3) is 4.18. The summed E-state index contributed by atoms with van der Waals surface area (Å²) in [5, 5.41) is 14.5. The number of phenolic OH excluding ortho intramolecular Hbond substituents is 1. The van der Waals surface area contributed by atoms with Crippen LogP contribution in [0.5, 0.6) is 5.75 Å². The molecule has 0 aliphatic carbocycles. The van der Waals surface area contributed by atoms with Gasteiger partial charge in [-0.2, -0.15) is 0 Å². The molecule has 0 bridgehead atoms. The number of para-hydroxylation sites is 1. The van der Waals surface area contributed by atoms with Crippen LogP contribution in [-0.2, 0) is 14.4 Å². The molecule has 3 N–H and O–H groups in total. The Morgan fingerprint density at radius 3 is 2.62 bits per heavy atom. The normalized spacial score (nSPS) is 16.4. The zero-order chi connectivity index (χ0) is 18.5. The summed E-state index contributed by atoms with van der Waals surface area (Å²) in [6.07, 6.45) is 0.120. The van der Waals surface area contributed by atoms with Gasteiger partial charge >= 0.3 is 0 Å². The first-order valence-electron chi connectivity index (χ1n) is 8.25. The third-order valence-corrected chi connectivity index (χ3v) is 4.12. The van der Waals surface area contributed by atoms with E-state index in [1.807, 2.05) is 30.3 Å². The van der Waals surface area contributed by atoms with Gasteiger partial charge in [0.15, 0.2) is 0 Å². The molecule has 1 saturated heterocycles. The smallest absolute Gasteiger partial charge is 0.243 e. The number of hydrogen-bond acceptors (Lipinski definition) is 4. The number of phenols is 1. The summed E-state index contributed by atoms with van der Waals surface area (Å²) in [7, 11) is 0. The lowest BCUT2D eigenvalue weighted by Gasteiger charge is -2.16. The van der Waals surface area contributed by atoms with Crippen molar-refractivity contribution in [2.75, 3.05) is 23.3 Å². The van der Waals surface area contributed by atoms with Gasteiger partial charge in [0.05, 0.1) is 12.5 Å². The van der Waals surface area contributed by atoms with Crippen molar-refractivity contribution in [2.24, 2.45) is 5.92 Å². The van der Waals surface area contributed by atoms with E-state index in [2.05, 4.69) is 10.6 Å². The number of hydrogen-bond donors (Lipinski definition) is 3. The number of aromatic hydroxyl groups is 1. The number of rotatable bonds is 5. The van der Waals surface area contributed by atoms with Crippen molar-refractivity contribution in [1.29, 1.82) is 0 Å². The summed E-state index contributed by atoms with van der Waals surface area (Å²) in [4.78, 5) is 37.9. The van der Waals surface area contributed by atoms with Crippen LogP contribution in [0.25, 0.3) is 0 Å². The average molecular weight is 353 g/mol. The van der Waals surface area contributed by atoms with Crippen molar-refractivity contribution in [3.05, 3.63) is 54.6 Å². The van der Waals surface area contributed by atoms with Crippen LogP contribution in [0.15, 0.2) is 54.6 Å². The largest absolute Gasteiger partial charge is 0.508 e. The number of carbonyl (C=O) groups is 3. The van der Waals surface area contributed by atoms with E-state index in [-0.39, 0.29) is 30.5 Å². The number of anilines is 2. The Morgan fingerprint density at radius 1 is 1.12 bits per heavy atom. The van der Waals surface area contributed by atoms with Crippen LogP contribution in [-0.4, -0.2) is 35.9 Å². The zero-order valence-electron chi connectivity index (χ0n) is 14.0. The van der Waals surface area contributed by atoms with Gasteiger partial charge in [0.25, 0.3) is 0 Å². The molecule has 1 aliphatic heterocycles. The predicted octanol–water partition coefficient (Wildman–Crippen LogP) is 1.50. The highest BCUT2D eigenvalue weighted by Gasteiger charge is 2.35. The first-order chi connectivity index (χ1) is 12.5. The highest BCUT2D eigenvalue weighted by atomic mass is 16.3. The Labute approximate surface area is 150 Å². The van der Waals surface area contributed by atoms with Crippen LogP contribution in [0.4, 0.5) is 11.4 Å². The molecule has 3 rings (SSSR count). The molecule has 0 saturated carbocycles. The quantitative estimate of drug-likeness (QED) is 0.759. The first-order valence-corrected chi connectivity index (χ1v) is 8.25. The molecule has 1 heterocycles. The lowest BCUT2D eigenvalue weighted by molar-refractivity contribution is -0.127. The maximum atomic E-state index is 12.3. The van der Waals surface area contributed by atoms with Crippen LogP contribution in [0.2, 0.25) is 0 Å². The number of benzene rings is 2.